The highest BCUT2D eigenvalue weighted by atomic mass is 32.2. The topological polar surface area (TPSA) is 98.7 Å². The van der Waals surface area contributed by atoms with Crippen molar-refractivity contribution < 1.29 is 18.3 Å². The van der Waals surface area contributed by atoms with Crippen molar-refractivity contribution in [2.24, 2.45) is 11.3 Å². The molecule has 1 heterocycles. The van der Waals surface area contributed by atoms with Gasteiger partial charge in [0.05, 0.1) is 17.5 Å². The molecule has 1 aliphatic heterocycles. The fourth-order valence-electron chi connectivity index (χ4n) is 4.97. The third kappa shape index (κ3) is 6.28. The van der Waals surface area contributed by atoms with Crippen LogP contribution in [0.15, 0.2) is 24.3 Å². The minimum atomic E-state index is -3.43. The average Bonchev–Trinajstić information content (AvgIpc) is 3.15. The van der Waals surface area contributed by atoms with Gasteiger partial charge in [-0.25, -0.2) is 8.42 Å². The number of benzene rings is 2. The van der Waals surface area contributed by atoms with Crippen molar-refractivity contribution in [3.63, 3.8) is 0 Å². The number of nitrogens with one attached hydrogen (secondary N) is 2. The fourth-order valence-corrected chi connectivity index (χ4v) is 5.64. The zero-order valence-electron chi connectivity index (χ0n) is 21.9. The smallest absolute Gasteiger partial charge is 0.255 e. The summed E-state index contributed by atoms with van der Waals surface area (Å²) in [6.07, 6.45) is 2.72. The van der Waals surface area contributed by atoms with Gasteiger partial charge in [0, 0.05) is 25.3 Å². The van der Waals surface area contributed by atoms with E-state index in [1.165, 1.54) is 23.6 Å². The molecule has 0 radical (unpaired) electrons. The number of hydrogen-bond donors (Lipinski definition) is 3. The van der Waals surface area contributed by atoms with Gasteiger partial charge in [-0.3, -0.25) is 9.52 Å². The van der Waals surface area contributed by atoms with Crippen LogP contribution in [0, 0.1) is 25.2 Å². The molecule has 0 aliphatic carbocycles. The lowest BCUT2D eigenvalue weighted by Gasteiger charge is -2.32. The highest BCUT2D eigenvalue weighted by Crippen LogP contribution is 2.44. The number of fused-ring (bicyclic) bond motifs is 1. The number of nitrogens with zero attached hydrogens (tertiary/aromatic N) is 1. The Morgan fingerprint density at radius 2 is 1.83 bits per heavy atom. The van der Waals surface area contributed by atoms with Gasteiger partial charge in [-0.2, -0.15) is 0 Å². The summed E-state index contributed by atoms with van der Waals surface area (Å²) < 4.78 is 27.1. The van der Waals surface area contributed by atoms with Crippen LogP contribution in [0.4, 0.5) is 11.4 Å². The van der Waals surface area contributed by atoms with Crippen LogP contribution in [0.3, 0.4) is 0 Å². The summed E-state index contributed by atoms with van der Waals surface area (Å²) in [5, 5.41) is 13.0. The third-order valence-corrected chi connectivity index (χ3v) is 7.15. The van der Waals surface area contributed by atoms with E-state index in [-0.39, 0.29) is 22.6 Å². The normalized spacial score (nSPS) is 13.8. The number of carbonyl (C=O) groups is 1. The molecule has 1 aliphatic rings. The van der Waals surface area contributed by atoms with Gasteiger partial charge < -0.3 is 15.3 Å². The van der Waals surface area contributed by atoms with Crippen molar-refractivity contribution in [1.29, 1.82) is 0 Å². The van der Waals surface area contributed by atoms with E-state index in [0.717, 1.165) is 36.2 Å². The lowest BCUT2D eigenvalue weighted by molar-refractivity contribution is 0.0933. The van der Waals surface area contributed by atoms with Gasteiger partial charge in [0.15, 0.2) is 0 Å². The van der Waals surface area contributed by atoms with E-state index in [1.807, 2.05) is 13.8 Å². The second-order valence-electron chi connectivity index (χ2n) is 10.9. The summed E-state index contributed by atoms with van der Waals surface area (Å²) in [6, 6.07) is 6.50. The Morgan fingerprint density at radius 1 is 1.17 bits per heavy atom. The molecule has 0 saturated carbocycles. The maximum absolute atomic E-state index is 12.7. The maximum atomic E-state index is 12.7. The Kier molecular flexibility index (Phi) is 7.74. The average molecular weight is 502 g/mol. The monoisotopic (exact) mass is 501 g/mol. The first-order valence-corrected chi connectivity index (χ1v) is 14.0. The molecule has 0 unspecified atom stereocenters. The molecule has 0 saturated heterocycles. The molecule has 1 amide bonds. The molecule has 192 valence electrons. The third-order valence-electron chi connectivity index (χ3n) is 6.58. The van der Waals surface area contributed by atoms with Crippen molar-refractivity contribution in [2.75, 3.05) is 35.5 Å². The van der Waals surface area contributed by atoms with Gasteiger partial charge >= 0.3 is 0 Å². The fraction of sp³-hybridized carbons (Fsp3) is 0.519. The van der Waals surface area contributed by atoms with Crippen molar-refractivity contribution in [3.8, 4) is 5.75 Å². The molecule has 3 N–H and O–H groups in total. The van der Waals surface area contributed by atoms with Gasteiger partial charge in [-0.05, 0) is 72.4 Å². The number of phenolic OH excluding ortho intramolecular Hbond substituents is 1. The highest BCUT2D eigenvalue weighted by molar-refractivity contribution is 7.92. The van der Waals surface area contributed by atoms with E-state index in [9.17, 15) is 18.3 Å². The number of aromatic hydroxyl groups is 1. The summed E-state index contributed by atoms with van der Waals surface area (Å²) in [5.74, 6) is 0.132. The molecule has 2 aromatic carbocycles. The van der Waals surface area contributed by atoms with Crippen LogP contribution < -0.4 is 14.9 Å². The molecule has 0 fully saturated rings. The first kappa shape index (κ1) is 26.9. The van der Waals surface area contributed by atoms with Gasteiger partial charge in [-0.1, -0.05) is 39.8 Å². The van der Waals surface area contributed by atoms with Gasteiger partial charge in [-0.15, -0.1) is 0 Å². The number of phenols is 1. The second kappa shape index (κ2) is 10.1. The predicted molar refractivity (Wildman–Crippen MR) is 143 cm³/mol. The van der Waals surface area contributed by atoms with Crippen LogP contribution in [-0.2, 0) is 22.9 Å². The van der Waals surface area contributed by atoms with Crippen LogP contribution in [0.5, 0.6) is 5.75 Å². The zero-order chi connectivity index (χ0) is 26.1. The van der Waals surface area contributed by atoms with Gasteiger partial charge in [0.25, 0.3) is 5.91 Å². The number of rotatable bonds is 9. The van der Waals surface area contributed by atoms with Gasteiger partial charge in [0.1, 0.15) is 5.75 Å². The van der Waals surface area contributed by atoms with E-state index >= 15 is 0 Å². The number of carbonyl (C=O) groups excluding carboxylic acids is 1. The van der Waals surface area contributed by atoms with Crippen LogP contribution in [0.25, 0.3) is 0 Å². The Bertz CT molecular complexity index is 1220. The minimum Gasteiger partial charge on any atom is -0.507 e. The number of hydrogen-bond acceptors (Lipinski definition) is 5. The lowest BCUT2D eigenvalue weighted by Crippen LogP contribution is -2.36. The van der Waals surface area contributed by atoms with Crippen LogP contribution in [0.1, 0.15) is 60.3 Å². The number of amides is 1. The summed E-state index contributed by atoms with van der Waals surface area (Å²) in [5.41, 5.74) is 6.06. The Morgan fingerprint density at radius 3 is 2.43 bits per heavy atom. The molecule has 0 bridgehead atoms. The van der Waals surface area contributed by atoms with Crippen molar-refractivity contribution >= 4 is 27.3 Å². The summed E-state index contributed by atoms with van der Waals surface area (Å²) in [7, 11) is -3.43. The molecular weight excluding hydrogens is 462 g/mol. The lowest BCUT2D eigenvalue weighted by atomic mass is 9.81. The summed E-state index contributed by atoms with van der Waals surface area (Å²) >= 11 is 0. The van der Waals surface area contributed by atoms with Crippen LogP contribution in [-0.4, -0.2) is 45.3 Å². The SMILES string of the molecule is Cc1c2c(c(CC(C)(C)CNC(=O)c3ccccc3O)c(C)c1NS(C)(=O)=O)N(CC(C)C)CC2. The van der Waals surface area contributed by atoms with Gasteiger partial charge in [0.2, 0.25) is 10.0 Å². The Hall–Kier alpha value is -2.74. The largest absolute Gasteiger partial charge is 0.507 e. The number of anilines is 2. The standard InChI is InChI=1S/C27H39N3O4S/c1-17(2)15-30-13-12-20-18(3)24(29-35(7,33)34)19(4)22(25(20)30)14-27(5,6)16-28-26(32)21-10-8-9-11-23(21)31/h8-11,17,29,31H,12-16H2,1-7H3,(H,28,32). The quantitative estimate of drug-likeness (QED) is 0.473. The first-order valence-electron chi connectivity index (χ1n) is 12.1. The number of para-hydroxylation sites is 1. The van der Waals surface area contributed by atoms with E-state index < -0.39 is 10.0 Å². The number of sulfonamides is 1. The molecule has 2 aromatic rings. The summed E-state index contributed by atoms with van der Waals surface area (Å²) in [6.45, 7) is 14.8. The van der Waals surface area contributed by atoms with Crippen LogP contribution >= 0.6 is 0 Å². The molecule has 7 nitrogen and oxygen atoms in total. The molecule has 35 heavy (non-hydrogen) atoms. The maximum Gasteiger partial charge on any atom is 0.255 e. The highest BCUT2D eigenvalue weighted by Gasteiger charge is 2.32. The van der Waals surface area contributed by atoms with E-state index in [0.29, 0.717) is 24.6 Å². The molecule has 3 rings (SSSR count). The van der Waals surface area contributed by atoms with Crippen molar-refractivity contribution in [1.82, 2.24) is 5.32 Å². The summed E-state index contributed by atoms with van der Waals surface area (Å²) in [4.78, 5) is 15.1. The van der Waals surface area contributed by atoms with Crippen LogP contribution in [0.2, 0.25) is 0 Å². The van der Waals surface area contributed by atoms with E-state index in [2.05, 4.69) is 42.6 Å². The molecule has 0 spiro atoms. The Labute approximate surface area is 210 Å². The van der Waals surface area contributed by atoms with Crippen molar-refractivity contribution in [3.05, 3.63) is 52.1 Å². The molecule has 8 heteroatoms. The first-order chi connectivity index (χ1) is 16.2. The second-order valence-corrected chi connectivity index (χ2v) is 12.7. The minimum absolute atomic E-state index is 0.0455. The molecule has 0 aromatic heterocycles. The van der Waals surface area contributed by atoms with E-state index in [4.69, 9.17) is 0 Å². The van der Waals surface area contributed by atoms with E-state index in [1.54, 1.807) is 18.2 Å². The Balaban J connectivity index is 1.97. The zero-order valence-corrected chi connectivity index (χ0v) is 22.8. The molecule has 0 atom stereocenters. The van der Waals surface area contributed by atoms with Crippen molar-refractivity contribution in [2.45, 2.75) is 54.4 Å². The predicted octanol–water partition coefficient (Wildman–Crippen LogP) is 4.40. The molecular formula is C27H39N3O4S.